The van der Waals surface area contributed by atoms with Gasteiger partial charge in [0.1, 0.15) is 0 Å². The summed E-state index contributed by atoms with van der Waals surface area (Å²) in [6, 6.07) is 0. The Morgan fingerprint density at radius 1 is 1.00 bits per heavy atom. The van der Waals surface area contributed by atoms with E-state index in [0.717, 1.165) is 26.1 Å². The summed E-state index contributed by atoms with van der Waals surface area (Å²) in [6.45, 7) is 1.73. The van der Waals surface area contributed by atoms with Gasteiger partial charge in [-0.25, -0.2) is 0 Å². The van der Waals surface area contributed by atoms with E-state index in [9.17, 15) is 0 Å². The van der Waals surface area contributed by atoms with Crippen LogP contribution in [0.5, 0.6) is 0 Å². The fourth-order valence-electron chi connectivity index (χ4n) is 1.55. The Kier molecular flexibility index (Phi) is 6.33. The van der Waals surface area contributed by atoms with E-state index in [4.69, 9.17) is 9.47 Å². The monoisotopic (exact) mass is 236 g/mol. The lowest BCUT2D eigenvalue weighted by Gasteiger charge is -2.35. The molecule has 0 radical (unpaired) electrons. The summed E-state index contributed by atoms with van der Waals surface area (Å²) >= 11 is 4.19. The molecule has 1 rings (SSSR count). The Morgan fingerprint density at radius 3 is 1.93 bits per heavy atom. The predicted octanol–water partition coefficient (Wildman–Crippen LogP) is 2.63. The van der Waals surface area contributed by atoms with E-state index in [-0.39, 0.29) is 0 Å². The van der Waals surface area contributed by atoms with E-state index in [1.165, 1.54) is 17.9 Å². The van der Waals surface area contributed by atoms with Crippen molar-refractivity contribution in [1.29, 1.82) is 0 Å². The molecule has 0 atom stereocenters. The van der Waals surface area contributed by atoms with Gasteiger partial charge in [0.2, 0.25) is 0 Å². The molecule has 1 heterocycles. The van der Waals surface area contributed by atoms with E-state index >= 15 is 0 Å². The van der Waals surface area contributed by atoms with Gasteiger partial charge in [0.25, 0.3) is 0 Å². The number of methoxy groups -OCH3 is 2. The lowest BCUT2D eigenvalue weighted by Crippen LogP contribution is -2.28. The zero-order valence-electron chi connectivity index (χ0n) is 9.08. The molecular formula is C10H20O2S2. The fourth-order valence-corrected chi connectivity index (χ4v) is 4.79. The SMILES string of the molecule is COCCC1(CCOC)SCCCS1. The topological polar surface area (TPSA) is 18.5 Å². The molecule has 2 nitrogen and oxygen atoms in total. The molecule has 1 saturated heterocycles. The minimum atomic E-state index is 0.365. The maximum atomic E-state index is 5.18. The molecule has 0 unspecified atom stereocenters. The van der Waals surface area contributed by atoms with Crippen molar-refractivity contribution in [2.75, 3.05) is 38.9 Å². The average molecular weight is 236 g/mol. The van der Waals surface area contributed by atoms with Crippen molar-refractivity contribution in [1.82, 2.24) is 0 Å². The summed E-state index contributed by atoms with van der Waals surface area (Å²) in [5.74, 6) is 2.58. The van der Waals surface area contributed by atoms with Crippen LogP contribution < -0.4 is 0 Å². The van der Waals surface area contributed by atoms with E-state index in [1.54, 1.807) is 14.2 Å². The van der Waals surface area contributed by atoms with Gasteiger partial charge in [-0.2, -0.15) is 0 Å². The molecule has 0 bridgehead atoms. The molecule has 0 spiro atoms. The molecule has 0 saturated carbocycles. The molecule has 4 heteroatoms. The van der Waals surface area contributed by atoms with Crippen LogP contribution in [0.15, 0.2) is 0 Å². The second kappa shape index (κ2) is 6.99. The summed E-state index contributed by atoms with van der Waals surface area (Å²) in [6.07, 6.45) is 3.63. The van der Waals surface area contributed by atoms with E-state index in [1.807, 2.05) is 0 Å². The molecule has 0 aliphatic carbocycles. The quantitative estimate of drug-likeness (QED) is 0.705. The van der Waals surface area contributed by atoms with Crippen LogP contribution in [0.3, 0.4) is 0 Å². The van der Waals surface area contributed by atoms with E-state index in [0.29, 0.717) is 4.08 Å². The number of hydrogen-bond donors (Lipinski definition) is 0. The van der Waals surface area contributed by atoms with Crippen LogP contribution in [0.2, 0.25) is 0 Å². The number of hydrogen-bond acceptors (Lipinski definition) is 4. The van der Waals surface area contributed by atoms with Crippen LogP contribution in [-0.2, 0) is 9.47 Å². The molecule has 0 N–H and O–H groups in total. The van der Waals surface area contributed by atoms with Gasteiger partial charge in [0, 0.05) is 27.4 Å². The Morgan fingerprint density at radius 2 is 1.50 bits per heavy atom. The van der Waals surface area contributed by atoms with Gasteiger partial charge in [0.05, 0.1) is 4.08 Å². The lowest BCUT2D eigenvalue weighted by molar-refractivity contribution is 0.171. The van der Waals surface area contributed by atoms with Gasteiger partial charge in [-0.1, -0.05) is 0 Å². The normalized spacial score (nSPS) is 21.0. The van der Waals surface area contributed by atoms with Crippen LogP contribution in [0.25, 0.3) is 0 Å². The molecule has 0 aromatic carbocycles. The van der Waals surface area contributed by atoms with Crippen molar-refractivity contribution in [2.24, 2.45) is 0 Å². The number of ether oxygens (including phenoxy) is 2. The summed E-state index contributed by atoms with van der Waals surface area (Å²) < 4.78 is 10.7. The fraction of sp³-hybridized carbons (Fsp3) is 1.00. The Balaban J connectivity index is 2.39. The minimum Gasteiger partial charge on any atom is -0.385 e. The first-order valence-electron chi connectivity index (χ1n) is 5.09. The van der Waals surface area contributed by atoms with Crippen molar-refractivity contribution < 1.29 is 9.47 Å². The third-order valence-electron chi connectivity index (χ3n) is 2.39. The minimum absolute atomic E-state index is 0.365. The molecule has 84 valence electrons. The van der Waals surface area contributed by atoms with Crippen molar-refractivity contribution in [3.05, 3.63) is 0 Å². The van der Waals surface area contributed by atoms with Crippen molar-refractivity contribution >= 4 is 23.5 Å². The molecule has 1 aliphatic heterocycles. The number of rotatable bonds is 6. The van der Waals surface area contributed by atoms with Crippen LogP contribution >= 0.6 is 23.5 Å². The predicted molar refractivity (Wildman–Crippen MR) is 65.3 cm³/mol. The molecule has 1 aliphatic rings. The molecule has 0 aromatic heterocycles. The van der Waals surface area contributed by atoms with Gasteiger partial charge in [0.15, 0.2) is 0 Å². The molecule has 1 fully saturated rings. The van der Waals surface area contributed by atoms with Crippen molar-refractivity contribution in [2.45, 2.75) is 23.3 Å². The summed E-state index contributed by atoms with van der Waals surface area (Å²) in [5, 5.41) is 0. The first-order valence-corrected chi connectivity index (χ1v) is 7.06. The molecule has 0 aromatic rings. The van der Waals surface area contributed by atoms with Crippen LogP contribution in [0.1, 0.15) is 19.3 Å². The Bertz CT molecular complexity index is 137. The Labute approximate surface area is 95.5 Å². The summed E-state index contributed by atoms with van der Waals surface area (Å²) in [7, 11) is 3.56. The maximum absolute atomic E-state index is 5.18. The molecule has 14 heavy (non-hydrogen) atoms. The second-order valence-corrected chi connectivity index (χ2v) is 6.66. The highest BCUT2D eigenvalue weighted by atomic mass is 32.2. The van der Waals surface area contributed by atoms with Crippen molar-refractivity contribution in [3.63, 3.8) is 0 Å². The largest absolute Gasteiger partial charge is 0.385 e. The molecular weight excluding hydrogens is 216 g/mol. The third kappa shape index (κ3) is 4.01. The summed E-state index contributed by atoms with van der Waals surface area (Å²) in [4.78, 5) is 0. The van der Waals surface area contributed by atoms with Crippen LogP contribution in [0.4, 0.5) is 0 Å². The average Bonchev–Trinajstić information content (AvgIpc) is 2.25. The second-order valence-electron chi connectivity index (χ2n) is 3.45. The van der Waals surface area contributed by atoms with Crippen LogP contribution in [0, 0.1) is 0 Å². The highest BCUT2D eigenvalue weighted by Crippen LogP contribution is 2.47. The first kappa shape index (κ1) is 12.7. The maximum Gasteiger partial charge on any atom is 0.0654 e. The Hall–Kier alpha value is 0.620. The smallest absolute Gasteiger partial charge is 0.0654 e. The number of thioether (sulfide) groups is 2. The van der Waals surface area contributed by atoms with E-state index in [2.05, 4.69) is 23.5 Å². The van der Waals surface area contributed by atoms with Gasteiger partial charge in [-0.3, -0.25) is 0 Å². The lowest BCUT2D eigenvalue weighted by atomic mass is 10.2. The van der Waals surface area contributed by atoms with Crippen LogP contribution in [-0.4, -0.2) is 43.0 Å². The summed E-state index contributed by atoms with van der Waals surface area (Å²) in [5.41, 5.74) is 0. The zero-order valence-corrected chi connectivity index (χ0v) is 10.7. The first-order chi connectivity index (χ1) is 6.83. The van der Waals surface area contributed by atoms with Gasteiger partial charge >= 0.3 is 0 Å². The highest BCUT2D eigenvalue weighted by molar-refractivity contribution is 8.18. The van der Waals surface area contributed by atoms with E-state index < -0.39 is 0 Å². The zero-order chi connectivity index (χ0) is 10.3. The highest BCUT2D eigenvalue weighted by Gasteiger charge is 2.32. The van der Waals surface area contributed by atoms with Crippen molar-refractivity contribution in [3.8, 4) is 0 Å². The standard InChI is InChI=1S/C10H20O2S2/c1-11-6-4-10(5-7-12-2)13-8-3-9-14-10/h3-9H2,1-2H3. The van der Waals surface area contributed by atoms with Gasteiger partial charge < -0.3 is 9.47 Å². The molecule has 0 amide bonds. The third-order valence-corrected chi connectivity index (χ3v) is 5.95. The van der Waals surface area contributed by atoms with Gasteiger partial charge in [-0.15, -0.1) is 23.5 Å². The van der Waals surface area contributed by atoms with Gasteiger partial charge in [-0.05, 0) is 30.8 Å².